The van der Waals surface area contributed by atoms with Crippen LogP contribution in [-0.2, 0) is 18.8 Å². The van der Waals surface area contributed by atoms with Crippen molar-refractivity contribution in [1.82, 2.24) is 0 Å². The summed E-state index contributed by atoms with van der Waals surface area (Å²) < 4.78 is 10.5. The van der Waals surface area contributed by atoms with Gasteiger partial charge < -0.3 is 9.16 Å². The maximum atomic E-state index is 11.3. The Morgan fingerprint density at radius 1 is 1.33 bits per heavy atom. The van der Waals surface area contributed by atoms with Crippen molar-refractivity contribution in [2.45, 2.75) is 58.2 Å². The van der Waals surface area contributed by atoms with Gasteiger partial charge in [0.25, 0.3) is 0 Å². The number of hydrogen-bond acceptors (Lipinski definition) is 4. The van der Waals surface area contributed by atoms with Crippen LogP contribution in [0.25, 0.3) is 0 Å². The Balaban J connectivity index is 2.20. The molecule has 1 aliphatic rings. The van der Waals surface area contributed by atoms with E-state index in [1.165, 1.54) is 0 Å². The molecule has 0 aliphatic carbocycles. The first-order valence-electron chi connectivity index (χ1n) is 6.83. The minimum atomic E-state index is -1.59. The van der Waals surface area contributed by atoms with Gasteiger partial charge in [-0.3, -0.25) is 9.59 Å². The summed E-state index contributed by atoms with van der Waals surface area (Å²) in [5, 5.41) is 0. The van der Waals surface area contributed by atoms with E-state index in [-0.39, 0.29) is 24.3 Å². The number of ether oxygens (including phenoxy) is 1. The first-order chi connectivity index (χ1) is 8.44. The molecule has 0 saturated carbocycles. The molecule has 0 aromatic rings. The van der Waals surface area contributed by atoms with Crippen LogP contribution in [0.3, 0.4) is 0 Å². The van der Waals surface area contributed by atoms with Crippen molar-refractivity contribution >= 4 is 20.3 Å². The number of rotatable bonds is 8. The van der Waals surface area contributed by atoms with Crippen molar-refractivity contribution in [3.05, 3.63) is 0 Å². The Morgan fingerprint density at radius 3 is 2.61 bits per heavy atom. The van der Waals surface area contributed by atoms with E-state index in [4.69, 9.17) is 4.43 Å². The second-order valence-electron chi connectivity index (χ2n) is 5.55. The van der Waals surface area contributed by atoms with Gasteiger partial charge in [0.1, 0.15) is 0 Å². The average molecular weight is 272 g/mol. The second-order valence-corrected chi connectivity index (χ2v) is 9.86. The van der Waals surface area contributed by atoms with Crippen LogP contribution in [0.15, 0.2) is 0 Å². The summed E-state index contributed by atoms with van der Waals surface area (Å²) in [6.07, 6.45) is 4.22. The fourth-order valence-electron chi connectivity index (χ4n) is 2.08. The number of carbonyl (C=O) groups excluding carboxylic acids is 2. The summed E-state index contributed by atoms with van der Waals surface area (Å²) >= 11 is 0. The van der Waals surface area contributed by atoms with Gasteiger partial charge in [0.15, 0.2) is 8.32 Å². The smallest absolute Gasteiger partial charge is 0.317 e. The summed E-state index contributed by atoms with van der Waals surface area (Å²) in [6, 6.07) is 1.04. The lowest BCUT2D eigenvalue weighted by Crippen LogP contribution is -2.30. The molecule has 1 unspecified atom stereocenters. The standard InChI is InChI=1S/C13H24O4Si/c1-4-5-8-16-18(2,3)9-6-7-11-10-12(14)17-13(11)15/h11H,4-10H2,1-3H3. The predicted octanol–water partition coefficient (Wildman–Crippen LogP) is 2.88. The van der Waals surface area contributed by atoms with E-state index < -0.39 is 8.32 Å². The highest BCUT2D eigenvalue weighted by molar-refractivity contribution is 6.71. The van der Waals surface area contributed by atoms with E-state index in [1.807, 2.05) is 0 Å². The zero-order chi connectivity index (χ0) is 13.6. The molecule has 18 heavy (non-hydrogen) atoms. The number of hydrogen-bond donors (Lipinski definition) is 0. The Bertz CT molecular complexity index is 301. The first kappa shape index (κ1) is 15.4. The summed E-state index contributed by atoms with van der Waals surface area (Å²) in [4.78, 5) is 22.2. The molecule has 0 bridgehead atoms. The van der Waals surface area contributed by atoms with Gasteiger partial charge in [0.2, 0.25) is 0 Å². The van der Waals surface area contributed by atoms with Crippen molar-refractivity contribution < 1.29 is 18.8 Å². The third-order valence-corrected chi connectivity index (χ3v) is 5.83. The predicted molar refractivity (Wildman–Crippen MR) is 71.6 cm³/mol. The molecule has 1 aliphatic heterocycles. The van der Waals surface area contributed by atoms with Crippen molar-refractivity contribution in [3.63, 3.8) is 0 Å². The van der Waals surface area contributed by atoms with Crippen LogP contribution >= 0.6 is 0 Å². The van der Waals surface area contributed by atoms with Gasteiger partial charge in [-0.2, -0.15) is 0 Å². The van der Waals surface area contributed by atoms with Crippen LogP contribution in [0.1, 0.15) is 39.0 Å². The molecule has 1 rings (SSSR count). The molecule has 1 saturated heterocycles. The lowest BCUT2D eigenvalue weighted by Gasteiger charge is -2.23. The molecule has 0 radical (unpaired) electrons. The third kappa shape index (κ3) is 5.31. The molecule has 1 fully saturated rings. The Labute approximate surface area is 110 Å². The topological polar surface area (TPSA) is 52.6 Å². The maximum absolute atomic E-state index is 11.3. The highest BCUT2D eigenvalue weighted by Gasteiger charge is 2.33. The second kappa shape index (κ2) is 7.04. The van der Waals surface area contributed by atoms with Crippen molar-refractivity contribution in [2.24, 2.45) is 5.92 Å². The van der Waals surface area contributed by atoms with Gasteiger partial charge >= 0.3 is 11.9 Å². The number of esters is 2. The van der Waals surface area contributed by atoms with E-state index >= 15 is 0 Å². The molecule has 5 heteroatoms. The van der Waals surface area contributed by atoms with Gasteiger partial charge in [-0.05, 0) is 32.0 Å². The summed E-state index contributed by atoms with van der Waals surface area (Å²) in [7, 11) is -1.59. The van der Waals surface area contributed by atoms with Crippen molar-refractivity contribution in [1.29, 1.82) is 0 Å². The van der Waals surface area contributed by atoms with Crippen LogP contribution in [-0.4, -0.2) is 26.9 Å². The summed E-state index contributed by atoms with van der Waals surface area (Å²) in [5.41, 5.74) is 0. The Morgan fingerprint density at radius 2 is 2.06 bits per heavy atom. The van der Waals surface area contributed by atoms with E-state index in [0.29, 0.717) is 0 Å². The molecule has 0 aromatic heterocycles. The normalized spacial score (nSPS) is 20.3. The highest BCUT2D eigenvalue weighted by Crippen LogP contribution is 2.24. The molecule has 0 N–H and O–H groups in total. The van der Waals surface area contributed by atoms with E-state index in [2.05, 4.69) is 24.8 Å². The number of cyclic esters (lactones) is 2. The van der Waals surface area contributed by atoms with Gasteiger partial charge in [0.05, 0.1) is 12.3 Å². The molecule has 4 nitrogen and oxygen atoms in total. The molecule has 104 valence electrons. The fraction of sp³-hybridized carbons (Fsp3) is 0.846. The van der Waals surface area contributed by atoms with Crippen LogP contribution < -0.4 is 0 Å². The molecule has 1 atom stereocenters. The first-order valence-corrected chi connectivity index (χ1v) is 9.94. The van der Waals surface area contributed by atoms with Gasteiger partial charge in [-0.25, -0.2) is 0 Å². The zero-order valence-electron chi connectivity index (χ0n) is 11.7. The van der Waals surface area contributed by atoms with Crippen LogP contribution in [0.5, 0.6) is 0 Å². The fourth-order valence-corrected chi connectivity index (χ4v) is 3.98. The van der Waals surface area contributed by atoms with E-state index in [9.17, 15) is 9.59 Å². The lowest BCUT2D eigenvalue weighted by molar-refractivity contribution is -0.153. The quantitative estimate of drug-likeness (QED) is 0.295. The largest absolute Gasteiger partial charge is 0.417 e. The van der Waals surface area contributed by atoms with Crippen molar-refractivity contribution in [3.8, 4) is 0 Å². The third-order valence-electron chi connectivity index (χ3n) is 3.28. The number of unbranched alkanes of at least 4 members (excludes halogenated alkanes) is 1. The van der Waals surface area contributed by atoms with Crippen molar-refractivity contribution in [2.75, 3.05) is 6.61 Å². The Kier molecular flexibility index (Phi) is 6.01. The molecule has 1 heterocycles. The highest BCUT2D eigenvalue weighted by atomic mass is 28.4. The van der Waals surface area contributed by atoms with E-state index in [0.717, 1.165) is 38.3 Å². The van der Waals surface area contributed by atoms with Gasteiger partial charge in [-0.1, -0.05) is 19.8 Å². The van der Waals surface area contributed by atoms with Crippen LogP contribution in [0.2, 0.25) is 19.1 Å². The van der Waals surface area contributed by atoms with Gasteiger partial charge in [0, 0.05) is 6.61 Å². The average Bonchev–Trinajstić information content (AvgIpc) is 2.57. The molecular weight excluding hydrogens is 248 g/mol. The molecule has 0 spiro atoms. The van der Waals surface area contributed by atoms with Crippen LogP contribution in [0, 0.1) is 5.92 Å². The SMILES string of the molecule is CCCCO[Si](C)(C)CCCC1CC(=O)OC1=O. The summed E-state index contributed by atoms with van der Waals surface area (Å²) in [6.45, 7) is 7.42. The monoisotopic (exact) mass is 272 g/mol. The van der Waals surface area contributed by atoms with Gasteiger partial charge in [-0.15, -0.1) is 0 Å². The number of carbonyl (C=O) groups is 2. The minimum absolute atomic E-state index is 0.210. The lowest BCUT2D eigenvalue weighted by atomic mass is 10.0. The molecule has 0 amide bonds. The van der Waals surface area contributed by atoms with Crippen LogP contribution in [0.4, 0.5) is 0 Å². The molecular formula is C13H24O4Si. The van der Waals surface area contributed by atoms with E-state index in [1.54, 1.807) is 0 Å². The maximum Gasteiger partial charge on any atom is 0.317 e. The Hall–Kier alpha value is -0.683. The minimum Gasteiger partial charge on any atom is -0.417 e. The molecule has 0 aromatic carbocycles. The summed E-state index contributed by atoms with van der Waals surface area (Å²) in [5.74, 6) is -0.926. The zero-order valence-corrected chi connectivity index (χ0v) is 12.7.